The first kappa shape index (κ1) is 15.0. The van der Waals surface area contributed by atoms with Crippen LogP contribution in [0.1, 0.15) is 28.9 Å². The zero-order valence-electron chi connectivity index (χ0n) is 12.2. The van der Waals surface area contributed by atoms with Gasteiger partial charge in [0.15, 0.2) is 5.13 Å². The van der Waals surface area contributed by atoms with Crippen LogP contribution in [-0.2, 0) is 6.42 Å². The fourth-order valence-electron chi connectivity index (χ4n) is 2.51. The minimum absolute atomic E-state index is 0.0820. The number of aromatic nitrogens is 1. The summed E-state index contributed by atoms with van der Waals surface area (Å²) in [6.07, 6.45) is 3.12. The number of hydrogen-bond donors (Lipinski definition) is 1. The smallest absolute Gasteiger partial charge is 0.254 e. The van der Waals surface area contributed by atoms with Gasteiger partial charge < -0.3 is 10.2 Å². The molecule has 1 N–H and O–H groups in total. The number of anilines is 1. The van der Waals surface area contributed by atoms with Crippen molar-refractivity contribution >= 4 is 22.4 Å². The van der Waals surface area contributed by atoms with Crippen LogP contribution in [0.15, 0.2) is 29.6 Å². The second-order valence-corrected chi connectivity index (χ2v) is 6.14. The number of thiazole rings is 1. The lowest BCUT2D eigenvalue weighted by molar-refractivity contribution is 0.0950. The summed E-state index contributed by atoms with van der Waals surface area (Å²) in [6, 6.07) is 6.00. The summed E-state index contributed by atoms with van der Waals surface area (Å²) in [6.45, 7) is 2.62. The molecule has 2 aromatic rings. The molecular weight excluding hydrogens is 301 g/mol. The predicted octanol–water partition coefficient (Wildman–Crippen LogP) is 2.85. The number of nitrogens with zero attached hydrogens (tertiary/aromatic N) is 2. The highest BCUT2D eigenvalue weighted by Gasteiger charge is 2.15. The van der Waals surface area contributed by atoms with Crippen molar-refractivity contribution in [1.82, 2.24) is 10.3 Å². The first-order valence-electron chi connectivity index (χ1n) is 7.46. The molecule has 0 spiro atoms. The molecule has 0 atom stereocenters. The Morgan fingerprint density at radius 2 is 2.09 bits per heavy atom. The Bertz CT molecular complexity index is 652. The number of amides is 1. The molecule has 4 nitrogen and oxygen atoms in total. The van der Waals surface area contributed by atoms with Gasteiger partial charge in [0.2, 0.25) is 0 Å². The van der Waals surface area contributed by atoms with E-state index < -0.39 is 5.82 Å². The maximum atomic E-state index is 13.5. The normalized spacial score (nSPS) is 14.3. The van der Waals surface area contributed by atoms with Crippen LogP contribution >= 0.6 is 11.3 Å². The van der Waals surface area contributed by atoms with E-state index in [0.29, 0.717) is 13.0 Å². The second kappa shape index (κ2) is 6.87. The van der Waals surface area contributed by atoms with Crippen molar-refractivity contribution in [2.45, 2.75) is 19.3 Å². The summed E-state index contributed by atoms with van der Waals surface area (Å²) < 4.78 is 13.5. The molecule has 1 aliphatic heterocycles. The molecule has 1 saturated heterocycles. The van der Waals surface area contributed by atoms with E-state index in [9.17, 15) is 9.18 Å². The van der Waals surface area contributed by atoms with Gasteiger partial charge in [-0.25, -0.2) is 9.37 Å². The summed E-state index contributed by atoms with van der Waals surface area (Å²) >= 11 is 1.65. The van der Waals surface area contributed by atoms with E-state index >= 15 is 0 Å². The molecule has 116 valence electrons. The number of benzene rings is 1. The van der Waals surface area contributed by atoms with Gasteiger partial charge in [0, 0.05) is 31.4 Å². The summed E-state index contributed by atoms with van der Waals surface area (Å²) in [4.78, 5) is 18.8. The van der Waals surface area contributed by atoms with Crippen LogP contribution in [0.3, 0.4) is 0 Å². The van der Waals surface area contributed by atoms with Crippen molar-refractivity contribution in [3.05, 3.63) is 46.7 Å². The average molecular weight is 319 g/mol. The van der Waals surface area contributed by atoms with Crippen LogP contribution < -0.4 is 10.2 Å². The van der Waals surface area contributed by atoms with Gasteiger partial charge in [-0.1, -0.05) is 12.1 Å². The van der Waals surface area contributed by atoms with Gasteiger partial charge in [-0.05, 0) is 25.0 Å². The lowest BCUT2D eigenvalue weighted by atomic mass is 10.2. The van der Waals surface area contributed by atoms with Crippen molar-refractivity contribution < 1.29 is 9.18 Å². The molecule has 22 heavy (non-hydrogen) atoms. The van der Waals surface area contributed by atoms with Gasteiger partial charge in [-0.15, -0.1) is 11.3 Å². The third kappa shape index (κ3) is 3.44. The van der Waals surface area contributed by atoms with Gasteiger partial charge in [0.25, 0.3) is 5.91 Å². The summed E-state index contributed by atoms with van der Waals surface area (Å²) in [5.41, 5.74) is 1.05. The van der Waals surface area contributed by atoms with Crippen LogP contribution in [0, 0.1) is 5.82 Å². The number of hydrogen-bond acceptors (Lipinski definition) is 4. The molecule has 6 heteroatoms. The highest BCUT2D eigenvalue weighted by Crippen LogP contribution is 2.24. The summed E-state index contributed by atoms with van der Waals surface area (Å²) in [7, 11) is 0. The summed E-state index contributed by atoms with van der Waals surface area (Å²) in [5.74, 6) is -0.877. The molecular formula is C16H18FN3OS. The number of carbonyl (C=O) groups excluding carboxylic acids is 1. The quantitative estimate of drug-likeness (QED) is 0.922. The first-order chi connectivity index (χ1) is 10.7. The van der Waals surface area contributed by atoms with E-state index in [1.165, 1.54) is 25.0 Å². The molecule has 1 fully saturated rings. The van der Waals surface area contributed by atoms with Crippen LogP contribution in [0.2, 0.25) is 0 Å². The van der Waals surface area contributed by atoms with E-state index in [0.717, 1.165) is 23.9 Å². The fraction of sp³-hybridized carbons (Fsp3) is 0.375. The van der Waals surface area contributed by atoms with Crippen molar-refractivity contribution in [3.63, 3.8) is 0 Å². The number of halogens is 1. The van der Waals surface area contributed by atoms with Gasteiger partial charge in [0.1, 0.15) is 5.82 Å². The summed E-state index contributed by atoms with van der Waals surface area (Å²) in [5, 5.41) is 5.83. The van der Waals surface area contributed by atoms with Crippen molar-refractivity contribution in [2.24, 2.45) is 0 Å². The lowest BCUT2D eigenvalue weighted by Gasteiger charge is -2.12. The van der Waals surface area contributed by atoms with E-state index in [1.807, 2.05) is 5.38 Å². The van der Waals surface area contributed by atoms with E-state index in [-0.39, 0.29) is 11.5 Å². The van der Waals surface area contributed by atoms with E-state index in [2.05, 4.69) is 15.2 Å². The fourth-order valence-corrected chi connectivity index (χ4v) is 3.42. The topological polar surface area (TPSA) is 45.2 Å². The SMILES string of the molecule is O=C(NCCc1csc(N2CCCC2)n1)c1ccccc1F. The molecule has 0 bridgehead atoms. The zero-order valence-corrected chi connectivity index (χ0v) is 13.0. The second-order valence-electron chi connectivity index (χ2n) is 5.30. The lowest BCUT2D eigenvalue weighted by Crippen LogP contribution is -2.26. The molecule has 0 saturated carbocycles. The Balaban J connectivity index is 1.51. The van der Waals surface area contributed by atoms with E-state index in [1.54, 1.807) is 23.5 Å². The minimum atomic E-state index is -0.495. The highest BCUT2D eigenvalue weighted by atomic mass is 32.1. The molecule has 1 aromatic carbocycles. The third-order valence-electron chi connectivity index (χ3n) is 3.70. The van der Waals surface area contributed by atoms with E-state index in [4.69, 9.17) is 0 Å². The van der Waals surface area contributed by atoms with Gasteiger partial charge in [0.05, 0.1) is 11.3 Å². The Morgan fingerprint density at radius 1 is 1.32 bits per heavy atom. The standard InChI is InChI=1S/C16H18FN3OS/c17-14-6-2-1-5-13(14)15(21)18-8-7-12-11-22-16(19-12)20-9-3-4-10-20/h1-2,5-6,11H,3-4,7-10H2,(H,18,21). The molecule has 2 heterocycles. The molecule has 1 aliphatic rings. The number of nitrogens with one attached hydrogen (secondary N) is 1. The molecule has 0 unspecified atom stereocenters. The minimum Gasteiger partial charge on any atom is -0.352 e. The number of carbonyl (C=O) groups is 1. The number of rotatable bonds is 5. The van der Waals surface area contributed by atoms with Crippen molar-refractivity contribution in [1.29, 1.82) is 0 Å². The molecule has 0 radical (unpaired) electrons. The van der Waals surface area contributed by atoms with Crippen LogP contribution in [0.25, 0.3) is 0 Å². The molecule has 0 aliphatic carbocycles. The van der Waals surface area contributed by atoms with Gasteiger partial charge in [-0.3, -0.25) is 4.79 Å². The van der Waals surface area contributed by atoms with Gasteiger partial charge >= 0.3 is 0 Å². The predicted molar refractivity (Wildman–Crippen MR) is 86.0 cm³/mol. The average Bonchev–Trinajstić information content (AvgIpc) is 3.18. The van der Waals surface area contributed by atoms with Crippen LogP contribution in [0.4, 0.5) is 9.52 Å². The Morgan fingerprint density at radius 3 is 2.86 bits per heavy atom. The molecule has 3 rings (SSSR count). The monoisotopic (exact) mass is 319 g/mol. The first-order valence-corrected chi connectivity index (χ1v) is 8.34. The molecule has 1 aromatic heterocycles. The van der Waals surface area contributed by atoms with Crippen molar-refractivity contribution in [3.8, 4) is 0 Å². The maximum absolute atomic E-state index is 13.5. The highest BCUT2D eigenvalue weighted by molar-refractivity contribution is 7.13. The van der Waals surface area contributed by atoms with Crippen LogP contribution in [0.5, 0.6) is 0 Å². The Labute approximate surface area is 133 Å². The third-order valence-corrected chi connectivity index (χ3v) is 4.65. The van der Waals surface area contributed by atoms with Crippen LogP contribution in [-0.4, -0.2) is 30.5 Å². The zero-order chi connectivity index (χ0) is 15.4. The Kier molecular flexibility index (Phi) is 4.68. The maximum Gasteiger partial charge on any atom is 0.254 e. The Hall–Kier alpha value is -1.95. The van der Waals surface area contributed by atoms with Gasteiger partial charge in [-0.2, -0.15) is 0 Å². The largest absolute Gasteiger partial charge is 0.352 e. The van der Waals surface area contributed by atoms with Crippen molar-refractivity contribution in [2.75, 3.05) is 24.5 Å². The molecule has 1 amide bonds.